The molecule has 1 aliphatic rings. The predicted molar refractivity (Wildman–Crippen MR) is 72.5 cm³/mol. The van der Waals surface area contributed by atoms with Gasteiger partial charge in [-0.05, 0) is 32.6 Å². The van der Waals surface area contributed by atoms with Crippen molar-refractivity contribution < 1.29 is 14.4 Å². The molecule has 1 N–H and O–H groups in total. The summed E-state index contributed by atoms with van der Waals surface area (Å²) in [5, 5.41) is 2.70. The minimum atomic E-state index is -0.473. The van der Waals surface area contributed by atoms with Gasteiger partial charge in [0.2, 0.25) is 11.8 Å². The summed E-state index contributed by atoms with van der Waals surface area (Å²) in [6.45, 7) is 5.14. The summed E-state index contributed by atoms with van der Waals surface area (Å²) < 4.78 is 0. The molecule has 0 aliphatic carbocycles. The van der Waals surface area contributed by atoms with Crippen molar-refractivity contribution in [3.63, 3.8) is 0 Å². The minimum Gasteiger partial charge on any atom is -0.345 e. The molecular formula is C14H24N2O3. The van der Waals surface area contributed by atoms with Crippen LogP contribution in [0.25, 0.3) is 0 Å². The highest BCUT2D eigenvalue weighted by atomic mass is 16.2. The second-order valence-electron chi connectivity index (χ2n) is 5.29. The Hall–Kier alpha value is -1.39. The first-order chi connectivity index (χ1) is 8.95. The summed E-state index contributed by atoms with van der Waals surface area (Å²) in [6, 6.07) is -0.348. The van der Waals surface area contributed by atoms with Crippen molar-refractivity contribution in [2.24, 2.45) is 0 Å². The van der Waals surface area contributed by atoms with Crippen LogP contribution in [0, 0.1) is 0 Å². The van der Waals surface area contributed by atoms with Gasteiger partial charge in [0.1, 0.15) is 11.8 Å². The molecule has 1 aliphatic heterocycles. The van der Waals surface area contributed by atoms with Gasteiger partial charge in [0.25, 0.3) is 0 Å². The maximum absolute atomic E-state index is 12.5. The first kappa shape index (κ1) is 15.7. The maximum atomic E-state index is 12.5. The lowest BCUT2D eigenvalue weighted by Gasteiger charge is -2.31. The summed E-state index contributed by atoms with van der Waals surface area (Å²) >= 11 is 0. The second kappa shape index (κ2) is 7.26. The molecule has 0 aromatic heterocycles. The third-order valence-corrected chi connectivity index (χ3v) is 3.44. The van der Waals surface area contributed by atoms with Crippen LogP contribution in [-0.4, -0.2) is 41.1 Å². The fraction of sp³-hybridized carbons (Fsp3) is 0.786. The highest BCUT2D eigenvalue weighted by molar-refractivity contribution is 5.90. The van der Waals surface area contributed by atoms with Crippen LogP contribution in [0.1, 0.15) is 52.9 Å². The molecule has 2 amide bonds. The van der Waals surface area contributed by atoms with Crippen molar-refractivity contribution >= 4 is 17.6 Å². The normalized spacial score (nSPS) is 23.9. The second-order valence-corrected chi connectivity index (χ2v) is 5.29. The van der Waals surface area contributed by atoms with Gasteiger partial charge in [0.05, 0.1) is 6.54 Å². The molecule has 5 nitrogen and oxygen atoms in total. The highest BCUT2D eigenvalue weighted by Crippen LogP contribution is 2.21. The van der Waals surface area contributed by atoms with Crippen LogP contribution < -0.4 is 5.32 Å². The Balaban J connectivity index is 2.87. The minimum absolute atomic E-state index is 0.0158. The number of likely N-dealkylation sites (tertiary alicyclic amines) is 1. The maximum Gasteiger partial charge on any atom is 0.245 e. The summed E-state index contributed by atoms with van der Waals surface area (Å²) in [5.41, 5.74) is 0. The van der Waals surface area contributed by atoms with E-state index in [9.17, 15) is 14.4 Å². The van der Waals surface area contributed by atoms with E-state index in [4.69, 9.17) is 0 Å². The third kappa shape index (κ3) is 4.65. The Kier molecular flexibility index (Phi) is 5.99. The first-order valence-corrected chi connectivity index (χ1v) is 7.02. The quantitative estimate of drug-likeness (QED) is 0.816. The molecule has 1 heterocycles. The Bertz CT molecular complexity index is 355. The Labute approximate surface area is 114 Å². The molecule has 1 rings (SSSR count). The van der Waals surface area contributed by atoms with E-state index in [0.717, 1.165) is 25.7 Å². The summed E-state index contributed by atoms with van der Waals surface area (Å²) in [5.74, 6) is -0.325. The topological polar surface area (TPSA) is 66.5 Å². The molecule has 0 aromatic carbocycles. The van der Waals surface area contributed by atoms with Crippen LogP contribution in [0.3, 0.4) is 0 Å². The van der Waals surface area contributed by atoms with Gasteiger partial charge < -0.3 is 10.2 Å². The number of carbonyl (C=O) groups excluding carboxylic acids is 3. The van der Waals surface area contributed by atoms with E-state index in [0.29, 0.717) is 6.42 Å². The van der Waals surface area contributed by atoms with Gasteiger partial charge in [0.15, 0.2) is 0 Å². The van der Waals surface area contributed by atoms with Gasteiger partial charge in [-0.15, -0.1) is 0 Å². The largest absolute Gasteiger partial charge is 0.345 e. The van der Waals surface area contributed by atoms with Gasteiger partial charge in [-0.3, -0.25) is 14.4 Å². The standard InChI is InChI=1S/C14H24N2O3/c1-4-6-12-7-5-8-13(15-11(3)18)14(19)16(12)9-10(2)17/h12-13H,4-9H2,1-3H3,(H,15,18)/t12-,13?/m1/s1. The SMILES string of the molecule is CCC[C@@H]1CCCC(NC(C)=O)C(=O)N1CC(C)=O. The molecule has 5 heteroatoms. The zero-order valence-electron chi connectivity index (χ0n) is 12.1. The lowest BCUT2D eigenvalue weighted by molar-refractivity contribution is -0.140. The highest BCUT2D eigenvalue weighted by Gasteiger charge is 2.33. The van der Waals surface area contributed by atoms with Gasteiger partial charge in [-0.1, -0.05) is 13.3 Å². The van der Waals surface area contributed by atoms with Crippen molar-refractivity contribution in [3.05, 3.63) is 0 Å². The number of carbonyl (C=O) groups is 3. The van der Waals surface area contributed by atoms with E-state index >= 15 is 0 Å². The molecule has 0 spiro atoms. The van der Waals surface area contributed by atoms with E-state index in [1.807, 2.05) is 0 Å². The van der Waals surface area contributed by atoms with E-state index in [-0.39, 0.29) is 30.2 Å². The molecular weight excluding hydrogens is 244 g/mol. The van der Waals surface area contributed by atoms with Crippen molar-refractivity contribution in [2.75, 3.05) is 6.54 Å². The van der Waals surface area contributed by atoms with Crippen LogP contribution in [-0.2, 0) is 14.4 Å². The number of nitrogens with one attached hydrogen (secondary N) is 1. The number of rotatable bonds is 5. The van der Waals surface area contributed by atoms with E-state index in [1.54, 1.807) is 4.90 Å². The van der Waals surface area contributed by atoms with Crippen molar-refractivity contribution in [1.29, 1.82) is 0 Å². The fourth-order valence-electron chi connectivity index (χ4n) is 2.68. The predicted octanol–water partition coefficient (Wildman–Crippen LogP) is 1.26. The van der Waals surface area contributed by atoms with Crippen LogP contribution in [0.5, 0.6) is 0 Å². The first-order valence-electron chi connectivity index (χ1n) is 7.02. The average Bonchev–Trinajstić information content (AvgIpc) is 2.43. The molecule has 2 atom stereocenters. The fourth-order valence-corrected chi connectivity index (χ4v) is 2.68. The zero-order valence-corrected chi connectivity index (χ0v) is 12.1. The van der Waals surface area contributed by atoms with Crippen LogP contribution >= 0.6 is 0 Å². The van der Waals surface area contributed by atoms with Crippen molar-refractivity contribution in [2.45, 2.75) is 65.0 Å². The monoisotopic (exact) mass is 268 g/mol. The van der Waals surface area contributed by atoms with Crippen LogP contribution in [0.4, 0.5) is 0 Å². The third-order valence-electron chi connectivity index (χ3n) is 3.44. The molecule has 0 saturated carbocycles. The Morgan fingerprint density at radius 2 is 2.00 bits per heavy atom. The van der Waals surface area contributed by atoms with Crippen LogP contribution in [0.15, 0.2) is 0 Å². The molecule has 0 bridgehead atoms. The number of hydrogen-bond acceptors (Lipinski definition) is 3. The number of hydrogen-bond donors (Lipinski definition) is 1. The lowest BCUT2D eigenvalue weighted by Crippen LogP contribution is -2.51. The number of Topliss-reactive ketones (excluding diaryl/α,β-unsaturated/α-hetero) is 1. The molecule has 1 fully saturated rings. The summed E-state index contributed by atoms with van der Waals surface area (Å²) in [4.78, 5) is 36.7. The molecule has 19 heavy (non-hydrogen) atoms. The molecule has 0 aromatic rings. The molecule has 108 valence electrons. The average molecular weight is 268 g/mol. The zero-order chi connectivity index (χ0) is 14.4. The van der Waals surface area contributed by atoms with E-state index in [1.165, 1.54) is 13.8 Å². The van der Waals surface area contributed by atoms with Gasteiger partial charge in [0, 0.05) is 13.0 Å². The smallest absolute Gasteiger partial charge is 0.245 e. The van der Waals surface area contributed by atoms with Gasteiger partial charge in [-0.2, -0.15) is 0 Å². The number of ketones is 1. The summed E-state index contributed by atoms with van der Waals surface area (Å²) in [7, 11) is 0. The van der Waals surface area contributed by atoms with Crippen molar-refractivity contribution in [1.82, 2.24) is 10.2 Å². The van der Waals surface area contributed by atoms with Gasteiger partial charge >= 0.3 is 0 Å². The summed E-state index contributed by atoms with van der Waals surface area (Å²) in [6.07, 6.45) is 4.36. The Morgan fingerprint density at radius 1 is 1.32 bits per heavy atom. The van der Waals surface area contributed by atoms with Crippen molar-refractivity contribution in [3.8, 4) is 0 Å². The Morgan fingerprint density at radius 3 is 2.53 bits per heavy atom. The number of amides is 2. The van der Waals surface area contributed by atoms with E-state index in [2.05, 4.69) is 12.2 Å². The lowest BCUT2D eigenvalue weighted by atomic mass is 10.0. The van der Waals surface area contributed by atoms with Gasteiger partial charge in [-0.25, -0.2) is 0 Å². The molecule has 1 unspecified atom stereocenters. The van der Waals surface area contributed by atoms with E-state index < -0.39 is 6.04 Å². The van der Waals surface area contributed by atoms with Crippen LogP contribution in [0.2, 0.25) is 0 Å². The molecule has 1 saturated heterocycles. The number of nitrogens with zero attached hydrogens (tertiary/aromatic N) is 1. The molecule has 0 radical (unpaired) electrons.